The molecule has 0 N–H and O–H groups in total. The van der Waals surface area contributed by atoms with Crippen LogP contribution in [0.25, 0.3) is 0 Å². The van der Waals surface area contributed by atoms with Crippen LogP contribution in [0.2, 0.25) is 0 Å². The van der Waals surface area contributed by atoms with Gasteiger partial charge in [-0.3, -0.25) is 4.90 Å². The van der Waals surface area contributed by atoms with E-state index >= 15 is 0 Å². The van der Waals surface area contributed by atoms with Crippen LogP contribution >= 0.6 is 0 Å². The van der Waals surface area contributed by atoms with Gasteiger partial charge in [0.25, 0.3) is 0 Å². The van der Waals surface area contributed by atoms with Gasteiger partial charge in [-0.2, -0.15) is 0 Å². The van der Waals surface area contributed by atoms with Crippen LogP contribution in [0.4, 0.5) is 0 Å². The van der Waals surface area contributed by atoms with E-state index in [1.165, 1.54) is 25.1 Å². The highest BCUT2D eigenvalue weighted by Gasteiger charge is 2.26. The molecule has 1 aromatic heterocycles. The van der Waals surface area contributed by atoms with Crippen LogP contribution in [-0.4, -0.2) is 58.2 Å². The number of aromatic nitrogens is 3. The van der Waals surface area contributed by atoms with Gasteiger partial charge < -0.3 is 14.0 Å². The molecule has 0 aromatic carbocycles. The standard InChI is InChI=1S/C17H28N4O2/c1-2-4-16-18-19-17(21(16)8-3-1)12-20-9-5-14(6-10-20)23-15-7-11-22-13-15/h14-15H,1-13H2. The van der Waals surface area contributed by atoms with E-state index in [9.17, 15) is 0 Å². The summed E-state index contributed by atoms with van der Waals surface area (Å²) in [6, 6.07) is 0. The minimum absolute atomic E-state index is 0.332. The number of aryl methyl sites for hydroxylation is 1. The topological polar surface area (TPSA) is 52.4 Å². The molecule has 2 fully saturated rings. The fourth-order valence-corrected chi connectivity index (χ4v) is 3.96. The molecule has 0 amide bonds. The van der Waals surface area contributed by atoms with E-state index in [1.54, 1.807) is 0 Å². The van der Waals surface area contributed by atoms with Crippen LogP contribution < -0.4 is 0 Å². The largest absolute Gasteiger partial charge is 0.379 e. The Kier molecular flexibility index (Phi) is 4.92. The maximum atomic E-state index is 6.16. The Morgan fingerprint density at radius 2 is 1.91 bits per heavy atom. The predicted molar refractivity (Wildman–Crippen MR) is 86.2 cm³/mol. The van der Waals surface area contributed by atoms with Gasteiger partial charge in [-0.05, 0) is 32.1 Å². The van der Waals surface area contributed by atoms with Crippen LogP contribution in [0.15, 0.2) is 0 Å². The molecule has 4 rings (SSSR count). The van der Waals surface area contributed by atoms with Crippen molar-refractivity contribution in [2.75, 3.05) is 26.3 Å². The molecule has 0 aliphatic carbocycles. The summed E-state index contributed by atoms with van der Waals surface area (Å²) in [6.45, 7) is 5.87. The zero-order valence-corrected chi connectivity index (χ0v) is 14.0. The molecule has 2 saturated heterocycles. The average molecular weight is 320 g/mol. The first-order valence-corrected chi connectivity index (χ1v) is 9.25. The minimum atomic E-state index is 0.332. The average Bonchev–Trinajstić information content (AvgIpc) is 3.14. The lowest BCUT2D eigenvalue weighted by Crippen LogP contribution is -2.38. The zero-order chi connectivity index (χ0) is 15.5. The van der Waals surface area contributed by atoms with Crippen molar-refractivity contribution in [1.82, 2.24) is 19.7 Å². The molecule has 0 bridgehead atoms. The lowest BCUT2D eigenvalue weighted by Gasteiger charge is -2.32. The van der Waals surface area contributed by atoms with Gasteiger partial charge in [0.15, 0.2) is 0 Å². The number of ether oxygens (including phenoxy) is 2. The molecule has 6 nitrogen and oxygen atoms in total. The Morgan fingerprint density at radius 3 is 2.74 bits per heavy atom. The van der Waals surface area contributed by atoms with Crippen molar-refractivity contribution < 1.29 is 9.47 Å². The van der Waals surface area contributed by atoms with Crippen LogP contribution in [-0.2, 0) is 29.0 Å². The van der Waals surface area contributed by atoms with Crippen LogP contribution in [0.1, 0.15) is 50.2 Å². The summed E-state index contributed by atoms with van der Waals surface area (Å²) >= 11 is 0. The van der Waals surface area contributed by atoms with Gasteiger partial charge in [-0.1, -0.05) is 6.42 Å². The van der Waals surface area contributed by atoms with E-state index in [-0.39, 0.29) is 0 Å². The maximum Gasteiger partial charge on any atom is 0.147 e. The molecule has 0 spiro atoms. The van der Waals surface area contributed by atoms with Crippen molar-refractivity contribution in [3.8, 4) is 0 Å². The summed E-state index contributed by atoms with van der Waals surface area (Å²) in [5, 5.41) is 8.87. The van der Waals surface area contributed by atoms with Gasteiger partial charge in [0, 0.05) is 32.7 Å². The zero-order valence-electron chi connectivity index (χ0n) is 14.0. The summed E-state index contributed by atoms with van der Waals surface area (Å²) in [4.78, 5) is 2.51. The molecule has 0 radical (unpaired) electrons. The lowest BCUT2D eigenvalue weighted by atomic mass is 10.1. The summed E-state index contributed by atoms with van der Waals surface area (Å²) in [7, 11) is 0. The first-order chi connectivity index (χ1) is 11.4. The van der Waals surface area contributed by atoms with E-state index in [4.69, 9.17) is 9.47 Å². The number of piperidine rings is 1. The molecule has 3 aliphatic heterocycles. The highest BCUT2D eigenvalue weighted by atomic mass is 16.5. The number of hydrogen-bond acceptors (Lipinski definition) is 5. The fraction of sp³-hybridized carbons (Fsp3) is 0.882. The molecule has 23 heavy (non-hydrogen) atoms. The molecule has 1 aromatic rings. The van der Waals surface area contributed by atoms with Crippen molar-refractivity contribution >= 4 is 0 Å². The van der Waals surface area contributed by atoms with Crippen LogP contribution in [0.5, 0.6) is 0 Å². The monoisotopic (exact) mass is 320 g/mol. The van der Waals surface area contributed by atoms with E-state index in [2.05, 4.69) is 19.7 Å². The first-order valence-electron chi connectivity index (χ1n) is 9.25. The van der Waals surface area contributed by atoms with Gasteiger partial charge in [0.05, 0.1) is 25.4 Å². The number of rotatable bonds is 4. The second-order valence-electron chi connectivity index (χ2n) is 7.09. The van der Waals surface area contributed by atoms with E-state index < -0.39 is 0 Å². The molecule has 0 saturated carbocycles. The van der Waals surface area contributed by atoms with Crippen molar-refractivity contribution in [2.24, 2.45) is 0 Å². The van der Waals surface area contributed by atoms with Gasteiger partial charge in [0.2, 0.25) is 0 Å². The van der Waals surface area contributed by atoms with Gasteiger partial charge in [0.1, 0.15) is 11.6 Å². The molecule has 4 heterocycles. The molecule has 3 aliphatic rings. The number of nitrogens with zero attached hydrogens (tertiary/aromatic N) is 4. The first kappa shape index (κ1) is 15.5. The fourth-order valence-electron chi connectivity index (χ4n) is 3.96. The Balaban J connectivity index is 1.28. The summed E-state index contributed by atoms with van der Waals surface area (Å²) in [6.07, 6.45) is 8.97. The SMILES string of the molecule is C1CCc2nnc(CN3CCC(OC4CCOC4)CC3)n2CC1. The number of likely N-dealkylation sites (tertiary alicyclic amines) is 1. The third-order valence-corrected chi connectivity index (χ3v) is 5.36. The highest BCUT2D eigenvalue weighted by Crippen LogP contribution is 2.21. The van der Waals surface area contributed by atoms with Crippen molar-refractivity contribution in [2.45, 2.75) is 70.2 Å². The quantitative estimate of drug-likeness (QED) is 0.846. The summed E-state index contributed by atoms with van der Waals surface area (Å²) in [5.74, 6) is 2.35. The van der Waals surface area contributed by atoms with E-state index in [0.29, 0.717) is 12.2 Å². The number of fused-ring (bicyclic) bond motifs is 1. The normalized spacial score (nSPS) is 27.0. The third kappa shape index (κ3) is 3.75. The minimum Gasteiger partial charge on any atom is -0.379 e. The smallest absolute Gasteiger partial charge is 0.147 e. The van der Waals surface area contributed by atoms with E-state index in [0.717, 1.165) is 70.9 Å². The van der Waals surface area contributed by atoms with E-state index in [1.807, 2.05) is 0 Å². The van der Waals surface area contributed by atoms with Gasteiger partial charge in [-0.15, -0.1) is 10.2 Å². The Bertz CT molecular complexity index is 505. The number of hydrogen-bond donors (Lipinski definition) is 0. The lowest BCUT2D eigenvalue weighted by molar-refractivity contribution is -0.0451. The van der Waals surface area contributed by atoms with Crippen molar-refractivity contribution in [3.05, 3.63) is 11.6 Å². The van der Waals surface area contributed by atoms with Crippen molar-refractivity contribution in [1.29, 1.82) is 0 Å². The van der Waals surface area contributed by atoms with Crippen LogP contribution in [0, 0.1) is 0 Å². The Morgan fingerprint density at radius 1 is 1.00 bits per heavy atom. The molecule has 128 valence electrons. The van der Waals surface area contributed by atoms with Crippen LogP contribution in [0.3, 0.4) is 0 Å². The molecule has 1 unspecified atom stereocenters. The third-order valence-electron chi connectivity index (χ3n) is 5.36. The summed E-state index contributed by atoms with van der Waals surface area (Å²) < 4.78 is 13.9. The maximum absolute atomic E-state index is 6.16. The Labute approximate surface area is 138 Å². The second-order valence-corrected chi connectivity index (χ2v) is 7.09. The molecular weight excluding hydrogens is 292 g/mol. The summed E-state index contributed by atoms with van der Waals surface area (Å²) in [5.41, 5.74) is 0. The second kappa shape index (κ2) is 7.28. The van der Waals surface area contributed by atoms with Crippen molar-refractivity contribution in [3.63, 3.8) is 0 Å². The predicted octanol–water partition coefficient (Wildman–Crippen LogP) is 1.77. The molecular formula is C17H28N4O2. The van der Waals surface area contributed by atoms with Gasteiger partial charge in [-0.25, -0.2) is 0 Å². The molecule has 6 heteroatoms. The highest BCUT2D eigenvalue weighted by molar-refractivity contribution is 4.98. The molecule has 1 atom stereocenters. The Hall–Kier alpha value is -0.980. The van der Waals surface area contributed by atoms with Gasteiger partial charge >= 0.3 is 0 Å².